The number of carbonyl (C=O) groups is 1. The molecule has 0 aliphatic rings. The summed E-state index contributed by atoms with van der Waals surface area (Å²) in [6.45, 7) is 6.13. The Labute approximate surface area is 145 Å². The molecule has 3 atom stereocenters. The van der Waals surface area contributed by atoms with Gasteiger partial charge in [-0.1, -0.05) is 79.7 Å². The van der Waals surface area contributed by atoms with Crippen LogP contribution in [0.2, 0.25) is 0 Å². The zero-order valence-corrected chi connectivity index (χ0v) is 14.7. The predicted octanol–water partition coefficient (Wildman–Crippen LogP) is 5.62. The van der Waals surface area contributed by atoms with Crippen LogP contribution < -0.4 is 0 Å². The molecule has 0 saturated heterocycles. The Balaban J connectivity index is 2.11. The van der Waals surface area contributed by atoms with E-state index >= 15 is 0 Å². The minimum absolute atomic E-state index is 0.0486. The number of ether oxygens (including phenoxy) is 1. The lowest BCUT2D eigenvalue weighted by Gasteiger charge is -2.26. The van der Waals surface area contributed by atoms with Crippen LogP contribution in [0, 0.1) is 5.92 Å². The molecule has 0 saturated carbocycles. The highest BCUT2D eigenvalue weighted by molar-refractivity contribution is 5.96. The highest BCUT2D eigenvalue weighted by Crippen LogP contribution is 2.25. The number of hydrogen-bond acceptors (Lipinski definition) is 2. The molecule has 126 valence electrons. The summed E-state index contributed by atoms with van der Waals surface area (Å²) in [5.41, 5.74) is 1.87. The fraction of sp³-hybridized carbons (Fsp3) is 0.318. The summed E-state index contributed by atoms with van der Waals surface area (Å²) >= 11 is 0. The van der Waals surface area contributed by atoms with Crippen molar-refractivity contribution in [3.05, 3.63) is 83.9 Å². The fourth-order valence-corrected chi connectivity index (χ4v) is 2.77. The highest BCUT2D eigenvalue weighted by Gasteiger charge is 2.23. The average Bonchev–Trinajstić information content (AvgIpc) is 2.62. The molecule has 2 rings (SSSR count). The number of allylic oxidation sites excluding steroid dienone is 1. The van der Waals surface area contributed by atoms with Gasteiger partial charge in [-0.2, -0.15) is 0 Å². The first-order chi connectivity index (χ1) is 11.6. The number of hydrogen-bond donors (Lipinski definition) is 0. The smallest absolute Gasteiger partial charge is 0.165 e. The monoisotopic (exact) mass is 322 g/mol. The number of rotatable bonds is 8. The van der Waals surface area contributed by atoms with Crippen molar-refractivity contribution >= 4 is 5.78 Å². The van der Waals surface area contributed by atoms with Gasteiger partial charge in [-0.15, -0.1) is 0 Å². The molecule has 0 aliphatic carbocycles. The molecule has 0 radical (unpaired) electrons. The van der Waals surface area contributed by atoms with Crippen molar-refractivity contribution in [3.8, 4) is 0 Å². The van der Waals surface area contributed by atoms with Crippen LogP contribution in [0.4, 0.5) is 0 Å². The molecule has 0 bridgehead atoms. The summed E-state index contributed by atoms with van der Waals surface area (Å²) in [6, 6.07) is 19.6. The number of benzene rings is 2. The van der Waals surface area contributed by atoms with Crippen LogP contribution in [-0.2, 0) is 4.74 Å². The van der Waals surface area contributed by atoms with E-state index in [2.05, 4.69) is 25.1 Å². The molecule has 0 aromatic heterocycles. The highest BCUT2D eigenvalue weighted by atomic mass is 16.5. The molecule has 0 fully saturated rings. The van der Waals surface area contributed by atoms with Gasteiger partial charge in [0.2, 0.25) is 0 Å². The van der Waals surface area contributed by atoms with E-state index in [-0.39, 0.29) is 23.9 Å². The maximum Gasteiger partial charge on any atom is 0.165 e. The molecule has 0 heterocycles. The molecule has 0 amide bonds. The van der Waals surface area contributed by atoms with E-state index in [9.17, 15) is 4.79 Å². The normalized spacial score (nSPS) is 15.1. The molecule has 0 spiro atoms. The molecular weight excluding hydrogens is 296 g/mol. The van der Waals surface area contributed by atoms with E-state index in [0.29, 0.717) is 6.42 Å². The topological polar surface area (TPSA) is 26.3 Å². The maximum absolute atomic E-state index is 12.6. The van der Waals surface area contributed by atoms with Crippen LogP contribution in [0.15, 0.2) is 72.8 Å². The van der Waals surface area contributed by atoms with E-state index in [1.54, 1.807) is 0 Å². The van der Waals surface area contributed by atoms with Crippen LogP contribution in [0.25, 0.3) is 0 Å². The Hall–Kier alpha value is -2.19. The third kappa shape index (κ3) is 5.17. The van der Waals surface area contributed by atoms with Gasteiger partial charge in [-0.05, 0) is 19.4 Å². The zero-order chi connectivity index (χ0) is 17.4. The third-order valence-corrected chi connectivity index (χ3v) is 4.21. The lowest BCUT2D eigenvalue weighted by molar-refractivity contribution is -0.0231. The van der Waals surface area contributed by atoms with Gasteiger partial charge in [0.1, 0.15) is 0 Å². The standard InChI is InChI=1S/C22H26O2/c1-4-11-17(2)22(16-21(23)20-14-9-6-10-15-20)24-18(3)19-12-7-5-8-13-19/h4-15,17-18,22H,16H2,1-3H3/b11-4+/t17-,18+,22+/m1/s1. The Morgan fingerprint density at radius 3 is 2.17 bits per heavy atom. The summed E-state index contributed by atoms with van der Waals surface area (Å²) < 4.78 is 6.27. The van der Waals surface area contributed by atoms with Gasteiger partial charge < -0.3 is 4.74 Å². The molecule has 2 aromatic carbocycles. The van der Waals surface area contributed by atoms with Gasteiger partial charge in [0.15, 0.2) is 5.78 Å². The van der Waals surface area contributed by atoms with Crippen molar-refractivity contribution in [2.24, 2.45) is 5.92 Å². The van der Waals surface area contributed by atoms with Crippen molar-refractivity contribution in [1.82, 2.24) is 0 Å². The van der Waals surface area contributed by atoms with Crippen LogP contribution in [0.5, 0.6) is 0 Å². The van der Waals surface area contributed by atoms with Crippen LogP contribution in [0.1, 0.15) is 49.2 Å². The first kappa shape index (κ1) is 18.2. The molecule has 2 heteroatoms. The second kappa shape index (κ2) is 9.19. The first-order valence-electron chi connectivity index (χ1n) is 8.53. The third-order valence-electron chi connectivity index (χ3n) is 4.21. The minimum atomic E-state index is -0.149. The molecule has 2 aromatic rings. The second-order valence-corrected chi connectivity index (χ2v) is 6.11. The van der Waals surface area contributed by atoms with E-state index in [0.717, 1.165) is 11.1 Å². The largest absolute Gasteiger partial charge is 0.370 e. The van der Waals surface area contributed by atoms with Crippen molar-refractivity contribution in [1.29, 1.82) is 0 Å². The summed E-state index contributed by atoms with van der Waals surface area (Å²) in [7, 11) is 0. The molecule has 0 aliphatic heterocycles. The van der Waals surface area contributed by atoms with Crippen LogP contribution in [0.3, 0.4) is 0 Å². The minimum Gasteiger partial charge on any atom is -0.370 e. The Kier molecular flexibility index (Phi) is 6.95. The Morgan fingerprint density at radius 1 is 1.00 bits per heavy atom. The number of Topliss-reactive ketones (excluding diaryl/α,β-unsaturated/α-hetero) is 1. The van der Waals surface area contributed by atoms with E-state index in [4.69, 9.17) is 4.74 Å². The van der Waals surface area contributed by atoms with E-state index in [1.165, 1.54) is 0 Å². The summed E-state index contributed by atoms with van der Waals surface area (Å²) in [5, 5.41) is 0. The number of carbonyl (C=O) groups excluding carboxylic acids is 1. The van der Waals surface area contributed by atoms with Crippen LogP contribution >= 0.6 is 0 Å². The van der Waals surface area contributed by atoms with E-state index in [1.807, 2.05) is 68.5 Å². The van der Waals surface area contributed by atoms with Crippen molar-refractivity contribution in [3.63, 3.8) is 0 Å². The van der Waals surface area contributed by atoms with Crippen LogP contribution in [-0.4, -0.2) is 11.9 Å². The van der Waals surface area contributed by atoms with Gasteiger partial charge in [0.05, 0.1) is 12.2 Å². The Bertz CT molecular complexity index is 646. The fourth-order valence-electron chi connectivity index (χ4n) is 2.77. The summed E-state index contributed by atoms with van der Waals surface area (Å²) in [6.07, 6.45) is 4.30. The molecular formula is C22H26O2. The lowest BCUT2D eigenvalue weighted by atomic mass is 9.95. The van der Waals surface area contributed by atoms with Crippen molar-refractivity contribution in [2.45, 2.75) is 39.4 Å². The van der Waals surface area contributed by atoms with Gasteiger partial charge in [-0.3, -0.25) is 4.79 Å². The quantitative estimate of drug-likeness (QED) is 0.466. The molecule has 2 nitrogen and oxygen atoms in total. The number of ketones is 1. The van der Waals surface area contributed by atoms with E-state index < -0.39 is 0 Å². The first-order valence-corrected chi connectivity index (χ1v) is 8.53. The lowest BCUT2D eigenvalue weighted by Crippen LogP contribution is -2.25. The van der Waals surface area contributed by atoms with Gasteiger partial charge >= 0.3 is 0 Å². The average molecular weight is 322 g/mol. The molecule has 0 unspecified atom stereocenters. The van der Waals surface area contributed by atoms with Gasteiger partial charge in [-0.25, -0.2) is 0 Å². The predicted molar refractivity (Wildman–Crippen MR) is 99.1 cm³/mol. The second-order valence-electron chi connectivity index (χ2n) is 6.11. The SMILES string of the molecule is C/C=C/[C@@H](C)[C@H](CC(=O)c1ccccc1)O[C@@H](C)c1ccccc1. The van der Waals surface area contributed by atoms with Gasteiger partial charge in [0, 0.05) is 17.9 Å². The maximum atomic E-state index is 12.6. The van der Waals surface area contributed by atoms with Gasteiger partial charge in [0.25, 0.3) is 0 Å². The van der Waals surface area contributed by atoms with Crippen molar-refractivity contribution in [2.75, 3.05) is 0 Å². The molecule has 0 N–H and O–H groups in total. The summed E-state index contributed by atoms with van der Waals surface area (Å²) in [4.78, 5) is 12.6. The summed E-state index contributed by atoms with van der Waals surface area (Å²) in [5.74, 6) is 0.297. The van der Waals surface area contributed by atoms with Crippen molar-refractivity contribution < 1.29 is 9.53 Å². The zero-order valence-electron chi connectivity index (χ0n) is 14.7. The Morgan fingerprint density at radius 2 is 1.58 bits per heavy atom. The molecule has 24 heavy (non-hydrogen) atoms.